The lowest BCUT2D eigenvalue weighted by atomic mass is 10.1. The van der Waals surface area contributed by atoms with Crippen molar-refractivity contribution >= 4 is 17.5 Å². The summed E-state index contributed by atoms with van der Waals surface area (Å²) in [6.45, 7) is 2.79. The van der Waals surface area contributed by atoms with E-state index >= 15 is 0 Å². The van der Waals surface area contributed by atoms with Gasteiger partial charge in [0, 0.05) is 5.03 Å². The molecule has 1 amide bonds. The molecule has 1 N–H and O–H groups in total. The number of halogens is 6. The van der Waals surface area contributed by atoms with Crippen LogP contribution < -0.4 is 5.32 Å². The average molecular weight is 286 g/mol. The molecule has 0 aliphatic rings. The molecule has 0 fully saturated rings. The van der Waals surface area contributed by atoms with Crippen LogP contribution in [0.2, 0.25) is 0 Å². The largest absolute Gasteiger partial charge is 0.347 e. The first-order valence-corrected chi connectivity index (χ1v) is 4.78. The van der Waals surface area contributed by atoms with Gasteiger partial charge < -0.3 is 5.32 Å². The smallest absolute Gasteiger partial charge is 0.257 e. The molecule has 8 heteroatoms. The molecule has 0 unspecified atom stereocenters. The molecule has 0 saturated heterocycles. The van der Waals surface area contributed by atoms with Crippen LogP contribution in [0.4, 0.5) is 22.0 Å². The second kappa shape index (κ2) is 5.34. The SMILES string of the molecule is C=C(Cl)CNC(=O)c1c(F)c(F)c(F)c(F)c1F. The van der Waals surface area contributed by atoms with E-state index in [4.69, 9.17) is 11.6 Å². The number of benzene rings is 1. The summed E-state index contributed by atoms with van der Waals surface area (Å²) in [7, 11) is 0. The molecule has 0 bridgehead atoms. The molecule has 1 rings (SSSR count). The zero-order valence-corrected chi connectivity index (χ0v) is 9.35. The molecule has 0 spiro atoms. The third kappa shape index (κ3) is 2.61. The lowest BCUT2D eigenvalue weighted by molar-refractivity contribution is 0.0946. The Morgan fingerprint density at radius 2 is 1.39 bits per heavy atom. The van der Waals surface area contributed by atoms with E-state index in [-0.39, 0.29) is 11.6 Å². The second-order valence-corrected chi connectivity index (χ2v) is 3.68. The van der Waals surface area contributed by atoms with Gasteiger partial charge in [0.05, 0.1) is 6.54 Å². The third-order valence-electron chi connectivity index (χ3n) is 1.88. The molecule has 18 heavy (non-hydrogen) atoms. The van der Waals surface area contributed by atoms with Crippen LogP contribution in [0.1, 0.15) is 10.4 Å². The van der Waals surface area contributed by atoms with Crippen molar-refractivity contribution in [1.82, 2.24) is 5.32 Å². The Morgan fingerprint density at radius 3 is 1.78 bits per heavy atom. The predicted octanol–water partition coefficient (Wildman–Crippen LogP) is 2.86. The molecule has 0 atom stereocenters. The minimum atomic E-state index is -2.33. The lowest BCUT2D eigenvalue weighted by Gasteiger charge is -2.08. The highest BCUT2D eigenvalue weighted by Crippen LogP contribution is 2.22. The number of carbonyl (C=O) groups excluding carboxylic acids is 1. The van der Waals surface area contributed by atoms with E-state index < -0.39 is 40.6 Å². The normalized spacial score (nSPS) is 10.3. The molecular formula is C10H5ClF5NO. The van der Waals surface area contributed by atoms with Gasteiger partial charge in [0.1, 0.15) is 5.56 Å². The molecule has 0 aromatic heterocycles. The third-order valence-corrected chi connectivity index (χ3v) is 2.01. The molecule has 0 aliphatic heterocycles. The minimum absolute atomic E-state index is 0.0766. The van der Waals surface area contributed by atoms with Gasteiger partial charge in [-0.2, -0.15) is 0 Å². The van der Waals surface area contributed by atoms with E-state index in [0.717, 1.165) is 0 Å². The molecule has 2 nitrogen and oxygen atoms in total. The second-order valence-electron chi connectivity index (χ2n) is 3.14. The highest BCUT2D eigenvalue weighted by molar-refractivity contribution is 6.29. The standard InChI is InChI=1S/C10H5ClF5NO/c1-3(11)2-17-10(18)4-5(12)7(14)9(16)8(15)6(4)13/h1-2H2,(H,17,18). The number of rotatable bonds is 3. The van der Waals surface area contributed by atoms with Crippen molar-refractivity contribution in [3.63, 3.8) is 0 Å². The number of hydrogen-bond acceptors (Lipinski definition) is 1. The predicted molar refractivity (Wildman–Crippen MR) is 53.6 cm³/mol. The Labute approximate surface area is 103 Å². The molecular weight excluding hydrogens is 281 g/mol. The fourth-order valence-electron chi connectivity index (χ4n) is 1.07. The molecule has 0 heterocycles. The fraction of sp³-hybridized carbons (Fsp3) is 0.100. The van der Waals surface area contributed by atoms with Gasteiger partial charge in [-0.05, 0) is 0 Å². The van der Waals surface area contributed by atoms with Crippen LogP contribution in [0.5, 0.6) is 0 Å². The first kappa shape index (κ1) is 14.4. The highest BCUT2D eigenvalue weighted by Gasteiger charge is 2.29. The maximum atomic E-state index is 13.1. The Morgan fingerprint density at radius 1 is 1.00 bits per heavy atom. The van der Waals surface area contributed by atoms with Crippen molar-refractivity contribution in [2.45, 2.75) is 0 Å². The summed E-state index contributed by atoms with van der Waals surface area (Å²) in [6.07, 6.45) is 0. The Balaban J connectivity index is 3.24. The zero-order valence-electron chi connectivity index (χ0n) is 8.59. The van der Waals surface area contributed by atoms with Crippen LogP contribution in [-0.4, -0.2) is 12.5 Å². The van der Waals surface area contributed by atoms with Gasteiger partial charge in [0.25, 0.3) is 5.91 Å². The van der Waals surface area contributed by atoms with Crippen LogP contribution >= 0.6 is 11.6 Å². The van der Waals surface area contributed by atoms with E-state index in [1.165, 1.54) is 0 Å². The van der Waals surface area contributed by atoms with E-state index in [0.29, 0.717) is 0 Å². The summed E-state index contributed by atoms with van der Waals surface area (Å²) in [5.74, 6) is -12.6. The van der Waals surface area contributed by atoms with Crippen molar-refractivity contribution < 1.29 is 26.7 Å². The number of hydrogen-bond donors (Lipinski definition) is 1. The van der Waals surface area contributed by atoms with E-state index in [1.807, 2.05) is 5.32 Å². The molecule has 0 radical (unpaired) electrons. The van der Waals surface area contributed by atoms with Gasteiger partial charge in [0.2, 0.25) is 5.82 Å². The molecule has 0 saturated carbocycles. The number of nitrogens with one attached hydrogen (secondary N) is 1. The topological polar surface area (TPSA) is 29.1 Å². The van der Waals surface area contributed by atoms with Crippen LogP contribution in [0.15, 0.2) is 11.6 Å². The summed E-state index contributed by atoms with van der Waals surface area (Å²) in [5.41, 5.74) is -1.57. The monoisotopic (exact) mass is 285 g/mol. The quantitative estimate of drug-likeness (QED) is 0.516. The minimum Gasteiger partial charge on any atom is -0.347 e. The Hall–Kier alpha value is -1.63. The summed E-state index contributed by atoms with van der Waals surface area (Å²) in [5, 5.41) is 1.77. The maximum absolute atomic E-state index is 13.1. The first-order valence-electron chi connectivity index (χ1n) is 4.40. The summed E-state index contributed by atoms with van der Waals surface area (Å²) >= 11 is 5.27. The van der Waals surface area contributed by atoms with Crippen molar-refractivity contribution in [3.05, 3.63) is 46.3 Å². The summed E-state index contributed by atoms with van der Waals surface area (Å²) in [6, 6.07) is 0. The zero-order chi connectivity index (χ0) is 14.0. The van der Waals surface area contributed by atoms with Crippen molar-refractivity contribution in [1.29, 1.82) is 0 Å². The molecule has 1 aromatic rings. The molecule has 0 aliphatic carbocycles. The number of carbonyl (C=O) groups is 1. The maximum Gasteiger partial charge on any atom is 0.257 e. The Bertz CT molecular complexity index is 502. The van der Waals surface area contributed by atoms with Gasteiger partial charge in [-0.15, -0.1) is 0 Å². The van der Waals surface area contributed by atoms with Crippen molar-refractivity contribution in [2.24, 2.45) is 0 Å². The highest BCUT2D eigenvalue weighted by atomic mass is 35.5. The van der Waals surface area contributed by atoms with Gasteiger partial charge in [-0.25, -0.2) is 22.0 Å². The summed E-state index contributed by atoms with van der Waals surface area (Å²) in [4.78, 5) is 11.3. The van der Waals surface area contributed by atoms with Crippen LogP contribution in [0.3, 0.4) is 0 Å². The summed E-state index contributed by atoms with van der Waals surface area (Å²) < 4.78 is 64.5. The van der Waals surface area contributed by atoms with Crippen molar-refractivity contribution in [3.8, 4) is 0 Å². The van der Waals surface area contributed by atoms with Crippen LogP contribution in [-0.2, 0) is 0 Å². The molecule has 1 aromatic carbocycles. The lowest BCUT2D eigenvalue weighted by Crippen LogP contribution is -2.28. The van der Waals surface area contributed by atoms with Gasteiger partial charge in [-0.1, -0.05) is 18.2 Å². The molecule has 98 valence electrons. The van der Waals surface area contributed by atoms with Crippen LogP contribution in [0, 0.1) is 29.1 Å². The Kier molecular flexibility index (Phi) is 4.28. The van der Waals surface area contributed by atoms with Crippen molar-refractivity contribution in [2.75, 3.05) is 6.54 Å². The number of amides is 1. The van der Waals surface area contributed by atoms with E-state index in [9.17, 15) is 26.7 Å². The first-order chi connectivity index (χ1) is 8.27. The average Bonchev–Trinajstić information content (AvgIpc) is 2.31. The van der Waals surface area contributed by atoms with Gasteiger partial charge in [0.15, 0.2) is 23.3 Å². The van der Waals surface area contributed by atoms with Crippen LogP contribution in [0.25, 0.3) is 0 Å². The fourth-order valence-corrected chi connectivity index (χ4v) is 1.14. The van der Waals surface area contributed by atoms with Gasteiger partial charge >= 0.3 is 0 Å². The van der Waals surface area contributed by atoms with E-state index in [1.54, 1.807) is 0 Å². The van der Waals surface area contributed by atoms with Gasteiger partial charge in [-0.3, -0.25) is 4.79 Å². The van der Waals surface area contributed by atoms with E-state index in [2.05, 4.69) is 6.58 Å².